The maximum atomic E-state index is 11.1. The third-order valence-corrected chi connectivity index (χ3v) is 2.84. The molecule has 6 heteroatoms. The molecule has 1 aliphatic rings. The van der Waals surface area contributed by atoms with Gasteiger partial charge in [0.1, 0.15) is 0 Å². The Labute approximate surface area is 78.7 Å². The van der Waals surface area contributed by atoms with Crippen molar-refractivity contribution in [3.05, 3.63) is 12.7 Å². The van der Waals surface area contributed by atoms with Crippen molar-refractivity contribution in [2.24, 2.45) is 0 Å². The molecule has 1 aliphatic heterocycles. The minimum absolute atomic E-state index is 0.138. The van der Waals surface area contributed by atoms with Crippen molar-refractivity contribution in [1.29, 1.82) is 0 Å². The molecule has 0 aromatic heterocycles. The Balaban J connectivity index is 2.47. The van der Waals surface area contributed by atoms with Crippen molar-refractivity contribution in [3.63, 3.8) is 0 Å². The van der Waals surface area contributed by atoms with E-state index in [1.807, 2.05) is 0 Å². The van der Waals surface area contributed by atoms with Crippen LogP contribution in [0.3, 0.4) is 0 Å². The first kappa shape index (κ1) is 10.2. The van der Waals surface area contributed by atoms with Crippen LogP contribution in [0.5, 0.6) is 0 Å². The topological polar surface area (TPSA) is 57.7 Å². The minimum atomic E-state index is -2.49. The number of hydrogen-bond donors (Lipinski definition) is 1. The van der Waals surface area contributed by atoms with Crippen LogP contribution in [0.2, 0.25) is 0 Å². The third kappa shape index (κ3) is 2.53. The molecular formula is C7H12N2O3S. The second kappa shape index (κ2) is 4.38. The highest BCUT2D eigenvalue weighted by molar-refractivity contribution is 7.69. The van der Waals surface area contributed by atoms with E-state index < -0.39 is 10.9 Å². The van der Waals surface area contributed by atoms with E-state index in [0.717, 1.165) is 0 Å². The molecule has 0 aromatic carbocycles. The molecule has 5 nitrogen and oxygen atoms in total. The SMILES string of the molecule is C=CC(=O)N1CCN([SH](=O)=O)CC1. The Morgan fingerprint density at radius 2 is 1.77 bits per heavy atom. The van der Waals surface area contributed by atoms with Crippen LogP contribution in [0, 0.1) is 0 Å². The molecule has 0 aliphatic carbocycles. The van der Waals surface area contributed by atoms with Crippen LogP contribution in [0.4, 0.5) is 0 Å². The van der Waals surface area contributed by atoms with Gasteiger partial charge in [-0.2, -0.15) is 0 Å². The van der Waals surface area contributed by atoms with Gasteiger partial charge in [0.2, 0.25) is 16.8 Å². The highest BCUT2D eigenvalue weighted by Crippen LogP contribution is 2.01. The summed E-state index contributed by atoms with van der Waals surface area (Å²) in [5.74, 6) is -0.138. The summed E-state index contributed by atoms with van der Waals surface area (Å²) in [6.45, 7) is 5.05. The second-order valence-electron chi connectivity index (χ2n) is 2.72. The molecule has 0 radical (unpaired) electrons. The van der Waals surface area contributed by atoms with Gasteiger partial charge in [-0.25, -0.2) is 12.7 Å². The molecule has 1 fully saturated rings. The largest absolute Gasteiger partial charge is 0.337 e. The summed E-state index contributed by atoms with van der Waals surface area (Å²) in [5.41, 5.74) is 0. The van der Waals surface area contributed by atoms with E-state index in [1.165, 1.54) is 10.4 Å². The molecule has 0 bridgehead atoms. The molecule has 0 saturated carbocycles. The summed E-state index contributed by atoms with van der Waals surface area (Å²) in [7, 11) is -2.49. The van der Waals surface area contributed by atoms with Crippen LogP contribution in [0.15, 0.2) is 12.7 Å². The molecule has 0 unspecified atom stereocenters. The smallest absolute Gasteiger partial charge is 0.246 e. The Hall–Kier alpha value is -0.880. The lowest BCUT2D eigenvalue weighted by Crippen LogP contribution is -2.47. The molecule has 0 N–H and O–H groups in total. The average Bonchev–Trinajstić information content (AvgIpc) is 2.17. The predicted octanol–water partition coefficient (Wildman–Crippen LogP) is -1.16. The summed E-state index contributed by atoms with van der Waals surface area (Å²) in [5, 5.41) is 0. The fourth-order valence-electron chi connectivity index (χ4n) is 1.21. The molecule has 13 heavy (non-hydrogen) atoms. The Morgan fingerprint density at radius 1 is 1.23 bits per heavy atom. The number of amides is 1. The Kier molecular flexibility index (Phi) is 3.44. The number of hydrogen-bond acceptors (Lipinski definition) is 3. The molecule has 1 rings (SSSR count). The van der Waals surface area contributed by atoms with Crippen LogP contribution in [-0.2, 0) is 15.7 Å². The lowest BCUT2D eigenvalue weighted by Gasteiger charge is -2.30. The van der Waals surface area contributed by atoms with E-state index in [9.17, 15) is 13.2 Å². The lowest BCUT2D eigenvalue weighted by molar-refractivity contribution is -0.127. The van der Waals surface area contributed by atoms with Crippen LogP contribution in [-0.4, -0.2) is 49.7 Å². The van der Waals surface area contributed by atoms with Gasteiger partial charge in [0.15, 0.2) is 0 Å². The zero-order valence-electron chi connectivity index (χ0n) is 7.18. The summed E-state index contributed by atoms with van der Waals surface area (Å²) in [6.07, 6.45) is 1.24. The van der Waals surface area contributed by atoms with Crippen LogP contribution in [0.25, 0.3) is 0 Å². The van der Waals surface area contributed by atoms with Crippen molar-refractivity contribution < 1.29 is 13.2 Å². The number of piperazine rings is 1. The molecule has 74 valence electrons. The number of rotatable bonds is 2. The van der Waals surface area contributed by atoms with Gasteiger partial charge in [-0.3, -0.25) is 4.79 Å². The van der Waals surface area contributed by atoms with E-state index in [1.54, 1.807) is 4.90 Å². The van der Waals surface area contributed by atoms with E-state index in [2.05, 4.69) is 6.58 Å². The molecule has 1 amide bonds. The summed E-state index contributed by atoms with van der Waals surface area (Å²) in [4.78, 5) is 12.7. The van der Waals surface area contributed by atoms with Gasteiger partial charge in [0.25, 0.3) is 0 Å². The van der Waals surface area contributed by atoms with Crippen molar-refractivity contribution in [2.75, 3.05) is 26.2 Å². The monoisotopic (exact) mass is 204 g/mol. The van der Waals surface area contributed by atoms with E-state index in [-0.39, 0.29) is 5.91 Å². The lowest BCUT2D eigenvalue weighted by atomic mass is 10.3. The predicted molar refractivity (Wildman–Crippen MR) is 48.7 cm³/mol. The first-order valence-electron chi connectivity index (χ1n) is 3.95. The Morgan fingerprint density at radius 3 is 2.15 bits per heavy atom. The van der Waals surface area contributed by atoms with Crippen molar-refractivity contribution in [1.82, 2.24) is 9.21 Å². The van der Waals surface area contributed by atoms with Gasteiger partial charge in [-0.05, 0) is 6.08 Å². The number of thiol groups is 1. The molecule has 0 aromatic rings. The highest BCUT2D eigenvalue weighted by atomic mass is 32.2. The zero-order valence-corrected chi connectivity index (χ0v) is 8.07. The molecule has 1 heterocycles. The zero-order chi connectivity index (χ0) is 9.84. The quantitative estimate of drug-likeness (QED) is 0.456. The van der Waals surface area contributed by atoms with Crippen molar-refractivity contribution in [2.45, 2.75) is 0 Å². The summed E-state index contributed by atoms with van der Waals surface area (Å²) in [6, 6.07) is 0. The van der Waals surface area contributed by atoms with Gasteiger partial charge >= 0.3 is 0 Å². The highest BCUT2D eigenvalue weighted by Gasteiger charge is 2.19. The van der Waals surface area contributed by atoms with Gasteiger partial charge in [-0.15, -0.1) is 0 Å². The summed E-state index contributed by atoms with van der Waals surface area (Å²) < 4.78 is 22.4. The van der Waals surface area contributed by atoms with Crippen molar-refractivity contribution >= 4 is 16.8 Å². The molecule has 0 spiro atoms. The number of carbonyl (C=O) groups is 1. The minimum Gasteiger partial charge on any atom is -0.337 e. The third-order valence-electron chi connectivity index (χ3n) is 1.97. The van der Waals surface area contributed by atoms with Crippen LogP contribution >= 0.6 is 0 Å². The average molecular weight is 204 g/mol. The van der Waals surface area contributed by atoms with E-state index in [4.69, 9.17) is 0 Å². The Bertz CT molecular complexity index is 271. The number of carbonyl (C=O) groups excluding carboxylic acids is 1. The van der Waals surface area contributed by atoms with Gasteiger partial charge < -0.3 is 4.90 Å². The fraction of sp³-hybridized carbons (Fsp3) is 0.571. The first-order chi connectivity index (χ1) is 6.15. The van der Waals surface area contributed by atoms with Crippen LogP contribution in [0.1, 0.15) is 0 Å². The van der Waals surface area contributed by atoms with Gasteiger partial charge in [-0.1, -0.05) is 6.58 Å². The van der Waals surface area contributed by atoms with E-state index >= 15 is 0 Å². The maximum absolute atomic E-state index is 11.1. The molecule has 1 saturated heterocycles. The molecule has 0 atom stereocenters. The second-order valence-corrected chi connectivity index (χ2v) is 3.76. The van der Waals surface area contributed by atoms with Crippen LogP contribution < -0.4 is 0 Å². The van der Waals surface area contributed by atoms with Gasteiger partial charge in [0.05, 0.1) is 0 Å². The normalized spacial score (nSPS) is 19.0. The number of nitrogens with zero attached hydrogens (tertiary/aromatic N) is 2. The fourth-order valence-corrected chi connectivity index (χ4v) is 1.71. The standard InChI is InChI=1S/C7H12N2O3S/c1-2-7(10)8-3-5-9(6-4-8)13(11)12/h2,13H,1,3-6H2. The van der Waals surface area contributed by atoms with E-state index in [0.29, 0.717) is 26.2 Å². The first-order valence-corrected chi connectivity index (χ1v) is 5.09. The molecular weight excluding hydrogens is 192 g/mol. The maximum Gasteiger partial charge on any atom is 0.246 e. The van der Waals surface area contributed by atoms with Crippen molar-refractivity contribution in [3.8, 4) is 0 Å². The van der Waals surface area contributed by atoms with Gasteiger partial charge in [0, 0.05) is 26.2 Å². The summed E-state index contributed by atoms with van der Waals surface area (Å²) >= 11 is 0.